The zero-order valence-corrected chi connectivity index (χ0v) is 73.6. The number of pyridine rings is 2. The van der Waals surface area contributed by atoms with Crippen LogP contribution >= 0.6 is 11.3 Å². The van der Waals surface area contributed by atoms with Crippen molar-refractivity contribution in [2.75, 3.05) is 53.9 Å². The first-order valence-corrected chi connectivity index (χ1v) is 41.3. The average molecular weight is 1620 g/mol. The molecule has 0 bridgehead atoms. The summed E-state index contributed by atoms with van der Waals surface area (Å²) in [5, 5.41) is 11.1. The number of thiophene rings is 1. The molecule has 119 heavy (non-hydrogen) atoms. The molecule has 0 saturated heterocycles. The molecule has 0 aliphatic carbocycles. The third kappa shape index (κ3) is 27.6. The Kier molecular flexibility index (Phi) is 36.7. The van der Waals surface area contributed by atoms with Gasteiger partial charge < -0.3 is 42.3 Å². The van der Waals surface area contributed by atoms with Gasteiger partial charge in [0.1, 0.15) is 11.6 Å². The Morgan fingerprint density at radius 1 is 0.546 bits per heavy atom. The molecule has 0 radical (unpaired) electrons. The molecule has 7 heterocycles. The van der Waals surface area contributed by atoms with E-state index in [-0.39, 0.29) is 18.8 Å². The Bertz CT molecular complexity index is 5340. The fourth-order valence-corrected chi connectivity index (χ4v) is 13.4. The van der Waals surface area contributed by atoms with Crippen LogP contribution in [0.1, 0.15) is 200 Å². The minimum Gasteiger partial charge on any atom is -0.497 e. The molecule has 0 saturated carbocycles. The van der Waals surface area contributed by atoms with E-state index in [0.717, 1.165) is 64.8 Å². The van der Waals surface area contributed by atoms with Crippen molar-refractivity contribution < 1.29 is 19.0 Å². The van der Waals surface area contributed by atoms with E-state index in [2.05, 4.69) is 255 Å². The van der Waals surface area contributed by atoms with Crippen LogP contribution < -0.4 is 24.5 Å². The predicted octanol–water partition coefficient (Wildman–Crippen LogP) is 24.0. The number of amides is 1. The number of carbonyl (C=O) groups excluding carboxylic acids is 1. The lowest BCUT2D eigenvalue weighted by atomic mass is 9.94. The van der Waals surface area contributed by atoms with Crippen molar-refractivity contribution in [1.82, 2.24) is 48.0 Å². The Morgan fingerprint density at radius 2 is 1.08 bits per heavy atom. The number of hydrogen-bond acceptors (Lipinski definition) is 12. The fraction of sp³-hybridized carbons (Fsp3) is 0.320. The van der Waals surface area contributed by atoms with Crippen LogP contribution in [0.3, 0.4) is 0 Å². The summed E-state index contributed by atoms with van der Waals surface area (Å²) in [4.78, 5) is 51.8. The lowest BCUT2D eigenvalue weighted by Crippen LogP contribution is -2.35. The van der Waals surface area contributed by atoms with Crippen LogP contribution in [0.25, 0.3) is 45.6 Å². The van der Waals surface area contributed by atoms with E-state index in [1.54, 1.807) is 95.9 Å². The number of allylic oxidation sites excluding steroid dienone is 1. The number of nitriles is 1. The minimum atomic E-state index is -0.000741. The number of nitrogens with zero attached hydrogens (tertiary/aromatic N) is 13. The molecule has 1 amide bonds. The second-order valence-electron chi connectivity index (χ2n) is 31.1. The molecule has 6 aromatic heterocycles. The minimum absolute atomic E-state index is 0. The highest BCUT2D eigenvalue weighted by Gasteiger charge is 2.25. The van der Waals surface area contributed by atoms with Crippen LogP contribution in [-0.2, 0) is 13.5 Å². The number of carbonyl (C=O) groups is 1. The predicted molar refractivity (Wildman–Crippen MR) is 496 cm³/mol. The van der Waals surface area contributed by atoms with Gasteiger partial charge in [0.15, 0.2) is 23.1 Å². The first kappa shape index (κ1) is 93.8. The summed E-state index contributed by atoms with van der Waals surface area (Å²) in [7, 11) is 12.4. The number of fused-ring (bicyclic) bond motifs is 2. The molecule has 7 aromatic carbocycles. The normalized spacial score (nSPS) is 11.5. The quantitative estimate of drug-likeness (QED) is 0.0365. The number of ether oxygens (including phenoxy) is 3. The summed E-state index contributed by atoms with van der Waals surface area (Å²) in [5.74, 6) is 7.54. The number of aromatic nitrogens is 8. The van der Waals surface area contributed by atoms with Crippen LogP contribution in [-0.4, -0.2) is 109 Å². The van der Waals surface area contributed by atoms with Crippen LogP contribution in [0.2, 0.25) is 0 Å². The Balaban J connectivity index is 0.000000194. The molecule has 0 unspecified atom stereocenters. The monoisotopic (exact) mass is 1620 g/mol. The molecule has 19 heteroatoms. The summed E-state index contributed by atoms with van der Waals surface area (Å²) in [5.41, 5.74) is 18.4. The SMILES string of the molecule is C.CC(C)/C=C/c1ccncc1.CC(C)c1cc(-n2ccnc2)cs1.CC(C)c1ccc(-n2ccc(=O)cc2)cc1.CC(C)c1ccc(-n2ccnc2)cc1.CC(C)c1ccc(N=C(N(C)C)N(C)C#N)cc1.COc1ccc(-c2nc3ccc(C(C)C)cc3n2C)cc1.COc1ccc(C(=O)N2CCCc3cc(C(C)C)ccc32)cc1OC. The number of benzene rings is 7. The van der Waals surface area contributed by atoms with Gasteiger partial charge in [0, 0.05) is 135 Å². The standard InChI is InChI=1S/C21H25NO3.C18H20N2O.C14H20N4.C14H15NO.C12H14N2.C10H12N2S.C10H13N.CH4/c1-14(2)15-7-9-18-16(12-15)6-5-11-22(18)21(23)17-8-10-19(24-3)20(13-17)25-4;1-12(2)14-7-10-16-17(11-14)20(3)18(19-16)13-5-8-15(21-4)9-6-13;1-11(2)12-6-8-13(9-7-12)16-14(17(3)4)18(5)10-15;1-11(2)12-3-5-13(6-4-12)15-9-7-14(16)8-10-15;1-10(2)11-3-5-12(6-4-11)14-8-7-13-9-14;1-8(2)10-5-9(6-13-10)12-4-3-11-7-12;1-9(2)3-4-10-5-7-11-8-6-10;/h7-10,12-14H,5-6,11H2,1-4H3;5-12H,1-4H3;6-9,11H,1-5H3;3-11H,1-2H3;3-10H,1-2H3;3-8H,1-2H3;3-9H,1-2H3;1H4/b;;;;;;4-3+;. The number of hydrogen-bond donors (Lipinski definition) is 0. The smallest absolute Gasteiger partial charge is 0.258 e. The first-order chi connectivity index (χ1) is 56.6. The molecule has 0 atom stereocenters. The topological polar surface area (TPSA) is 179 Å². The largest absolute Gasteiger partial charge is 0.497 e. The van der Waals surface area contributed by atoms with Gasteiger partial charge in [-0.15, -0.1) is 11.3 Å². The lowest BCUT2D eigenvalue weighted by molar-refractivity contribution is 0.0984. The van der Waals surface area contributed by atoms with Gasteiger partial charge in [0.05, 0.1) is 56.4 Å². The molecular weight excluding hydrogens is 1500 g/mol. The maximum atomic E-state index is 13.1. The zero-order chi connectivity index (χ0) is 85.5. The highest BCUT2D eigenvalue weighted by atomic mass is 32.1. The number of aliphatic imine (C=N–C) groups is 1. The Hall–Kier alpha value is -12.4. The van der Waals surface area contributed by atoms with Crippen molar-refractivity contribution in [3.8, 4) is 51.9 Å². The number of imidazole rings is 3. The van der Waals surface area contributed by atoms with Crippen molar-refractivity contribution in [3.05, 3.63) is 315 Å². The summed E-state index contributed by atoms with van der Waals surface area (Å²) in [6.45, 7) is 31.4. The second kappa shape index (κ2) is 46.5. The van der Waals surface area contributed by atoms with E-state index < -0.39 is 0 Å². The zero-order valence-electron chi connectivity index (χ0n) is 72.8. The van der Waals surface area contributed by atoms with Gasteiger partial charge in [0.2, 0.25) is 5.96 Å². The summed E-state index contributed by atoms with van der Waals surface area (Å²) in [6, 6.07) is 60.7. The van der Waals surface area contributed by atoms with Crippen LogP contribution in [0.5, 0.6) is 17.2 Å². The number of methoxy groups -OCH3 is 3. The van der Waals surface area contributed by atoms with Crippen LogP contribution in [0.4, 0.5) is 11.4 Å². The molecule has 0 N–H and O–H groups in total. The molecular formula is C100H123N13O5S. The molecule has 18 nitrogen and oxygen atoms in total. The van der Waals surface area contributed by atoms with Crippen LogP contribution in [0.15, 0.2) is 265 Å². The summed E-state index contributed by atoms with van der Waals surface area (Å²) >= 11 is 1.81. The van der Waals surface area contributed by atoms with Crippen LogP contribution in [0, 0.1) is 17.4 Å². The van der Waals surface area contributed by atoms with Crippen molar-refractivity contribution in [2.45, 2.75) is 153 Å². The first-order valence-electron chi connectivity index (χ1n) is 40.4. The third-order valence-corrected chi connectivity index (χ3v) is 20.9. The van der Waals surface area contributed by atoms with E-state index in [0.29, 0.717) is 64.4 Å². The maximum Gasteiger partial charge on any atom is 0.258 e. The number of aryl methyl sites for hydroxylation is 2. The van der Waals surface area contributed by atoms with Gasteiger partial charge >= 0.3 is 0 Å². The van der Waals surface area contributed by atoms with Gasteiger partial charge in [-0.25, -0.2) is 19.9 Å². The van der Waals surface area contributed by atoms with Gasteiger partial charge in [0.25, 0.3) is 5.91 Å². The van der Waals surface area contributed by atoms with Crippen molar-refractivity contribution in [3.63, 3.8) is 0 Å². The van der Waals surface area contributed by atoms with Crippen molar-refractivity contribution in [1.29, 1.82) is 5.26 Å². The number of guanidine groups is 1. The van der Waals surface area contributed by atoms with Crippen molar-refractivity contribution >= 4 is 51.7 Å². The molecule has 0 spiro atoms. The van der Waals surface area contributed by atoms with E-state index in [1.807, 2.05) is 123 Å². The van der Waals surface area contributed by atoms with E-state index >= 15 is 0 Å². The van der Waals surface area contributed by atoms with E-state index in [1.165, 1.54) is 59.9 Å². The number of anilines is 1. The molecule has 14 rings (SSSR count). The molecule has 0 fully saturated rings. The van der Waals surface area contributed by atoms with Crippen molar-refractivity contribution in [2.24, 2.45) is 18.0 Å². The Morgan fingerprint density at radius 3 is 1.57 bits per heavy atom. The van der Waals surface area contributed by atoms with Gasteiger partial charge in [-0.2, -0.15) is 5.26 Å². The Labute approximate surface area is 711 Å². The summed E-state index contributed by atoms with van der Waals surface area (Å²) in [6.07, 6.45) is 26.7. The molecule has 624 valence electrons. The van der Waals surface area contributed by atoms with E-state index in [9.17, 15) is 9.59 Å². The molecule has 13 aromatic rings. The number of rotatable bonds is 17. The highest BCUT2D eigenvalue weighted by Crippen LogP contribution is 2.35. The fourth-order valence-electron chi connectivity index (χ4n) is 12.5. The lowest BCUT2D eigenvalue weighted by Gasteiger charge is -2.30. The maximum absolute atomic E-state index is 13.1. The van der Waals surface area contributed by atoms with E-state index in [4.69, 9.17) is 24.5 Å². The molecule has 1 aliphatic heterocycles. The summed E-state index contributed by atoms with van der Waals surface area (Å²) < 4.78 is 23.9. The van der Waals surface area contributed by atoms with Gasteiger partial charge in [-0.05, 0) is 208 Å². The van der Waals surface area contributed by atoms with Gasteiger partial charge in [-0.1, -0.05) is 171 Å². The average Bonchev–Trinajstić information content (AvgIpc) is 1.74. The second-order valence-corrected chi connectivity index (χ2v) is 32.1. The third-order valence-electron chi connectivity index (χ3n) is 19.7. The van der Waals surface area contributed by atoms with Gasteiger partial charge in [-0.3, -0.25) is 19.5 Å². The molecule has 1 aliphatic rings. The highest BCUT2D eigenvalue weighted by molar-refractivity contribution is 7.10.